The highest BCUT2D eigenvalue weighted by Crippen LogP contribution is 2.28. The van der Waals surface area contributed by atoms with Crippen molar-refractivity contribution < 1.29 is 14.6 Å². The summed E-state index contributed by atoms with van der Waals surface area (Å²) in [5.74, 6) is 1.23. The van der Waals surface area contributed by atoms with E-state index in [0.717, 1.165) is 17.7 Å². The van der Waals surface area contributed by atoms with Crippen LogP contribution in [-0.2, 0) is 12.8 Å². The Balaban J connectivity index is 1.35. The Kier molecular flexibility index (Phi) is 5.13. The Morgan fingerprint density at radius 2 is 1.54 bits per heavy atom. The highest BCUT2D eigenvalue weighted by molar-refractivity contribution is 5.94. The van der Waals surface area contributed by atoms with Gasteiger partial charge in [-0.25, -0.2) is 0 Å². The van der Waals surface area contributed by atoms with Gasteiger partial charge >= 0.3 is 0 Å². The molecule has 0 spiro atoms. The van der Waals surface area contributed by atoms with Gasteiger partial charge in [0.25, 0.3) is 5.91 Å². The molecular weight excluding hydrogens is 350 g/mol. The molecule has 0 fully saturated rings. The molecule has 1 aliphatic rings. The zero-order valence-electron chi connectivity index (χ0n) is 15.6. The molecule has 1 atom stereocenters. The number of ether oxygens (including phenoxy) is 1. The highest BCUT2D eigenvalue weighted by Gasteiger charge is 2.32. The van der Waals surface area contributed by atoms with E-state index >= 15 is 0 Å². The Bertz CT molecular complexity index is 953. The number of fused-ring (bicyclic) bond motifs is 1. The van der Waals surface area contributed by atoms with Crippen LogP contribution in [0.5, 0.6) is 11.5 Å². The second-order valence-corrected chi connectivity index (χ2v) is 7.29. The highest BCUT2D eigenvalue weighted by atomic mass is 16.5. The first-order valence-corrected chi connectivity index (χ1v) is 9.52. The summed E-state index contributed by atoms with van der Waals surface area (Å²) in [6.45, 7) is 0.239. The van der Waals surface area contributed by atoms with Gasteiger partial charge in [-0.05, 0) is 60.4 Å². The predicted molar refractivity (Wildman–Crippen MR) is 109 cm³/mol. The first kappa shape index (κ1) is 18.3. The summed E-state index contributed by atoms with van der Waals surface area (Å²) < 4.78 is 5.75. The molecule has 2 N–H and O–H groups in total. The van der Waals surface area contributed by atoms with Crippen LogP contribution in [-0.4, -0.2) is 23.2 Å². The van der Waals surface area contributed by atoms with Gasteiger partial charge in [0.2, 0.25) is 0 Å². The van der Waals surface area contributed by atoms with Crippen molar-refractivity contribution in [2.45, 2.75) is 24.9 Å². The Morgan fingerprint density at radius 3 is 2.29 bits per heavy atom. The largest absolute Gasteiger partial charge is 0.457 e. The maximum atomic E-state index is 12.5. The van der Waals surface area contributed by atoms with E-state index < -0.39 is 5.60 Å². The fourth-order valence-electron chi connectivity index (χ4n) is 3.58. The number of benzene rings is 3. The predicted octanol–water partition coefficient (Wildman–Crippen LogP) is 4.13. The van der Waals surface area contributed by atoms with Gasteiger partial charge in [-0.15, -0.1) is 0 Å². The molecule has 0 aliphatic heterocycles. The molecule has 0 saturated heterocycles. The fourth-order valence-corrected chi connectivity index (χ4v) is 3.58. The summed E-state index contributed by atoms with van der Waals surface area (Å²) in [6.07, 6.45) is 2.04. The lowest BCUT2D eigenvalue weighted by Gasteiger charge is -2.33. The zero-order valence-corrected chi connectivity index (χ0v) is 15.6. The van der Waals surface area contributed by atoms with Crippen LogP contribution in [0.2, 0.25) is 0 Å². The second kappa shape index (κ2) is 7.87. The van der Waals surface area contributed by atoms with Crippen molar-refractivity contribution in [2.75, 3.05) is 6.54 Å². The Labute approximate surface area is 164 Å². The molecule has 0 bridgehead atoms. The minimum Gasteiger partial charge on any atom is -0.457 e. The van der Waals surface area contributed by atoms with Crippen molar-refractivity contribution >= 4 is 5.91 Å². The fraction of sp³-hybridized carbons (Fsp3) is 0.208. The molecule has 28 heavy (non-hydrogen) atoms. The van der Waals surface area contributed by atoms with Gasteiger partial charge < -0.3 is 15.2 Å². The third-order valence-electron chi connectivity index (χ3n) is 5.17. The van der Waals surface area contributed by atoms with Gasteiger partial charge in [0, 0.05) is 18.5 Å². The van der Waals surface area contributed by atoms with Gasteiger partial charge in [0.05, 0.1) is 5.60 Å². The third kappa shape index (κ3) is 4.24. The SMILES string of the molecule is O=C(NC[C@@]1(O)CCc2ccccc2C1)c1ccc(Oc2ccccc2)cc1. The quantitative estimate of drug-likeness (QED) is 0.707. The smallest absolute Gasteiger partial charge is 0.251 e. The molecular formula is C24H23NO3. The summed E-state index contributed by atoms with van der Waals surface area (Å²) in [4.78, 5) is 12.5. The van der Waals surface area contributed by atoms with E-state index in [9.17, 15) is 9.90 Å². The number of rotatable bonds is 5. The number of carbonyl (C=O) groups excluding carboxylic acids is 1. The summed E-state index contributed by atoms with van der Waals surface area (Å²) in [5, 5.41) is 13.8. The minimum absolute atomic E-state index is 0.196. The van der Waals surface area contributed by atoms with Crippen molar-refractivity contribution in [1.82, 2.24) is 5.32 Å². The zero-order chi connectivity index (χ0) is 19.4. The first-order chi connectivity index (χ1) is 13.6. The van der Waals surface area contributed by atoms with Crippen molar-refractivity contribution in [3.63, 3.8) is 0 Å². The average Bonchev–Trinajstić information content (AvgIpc) is 2.73. The van der Waals surface area contributed by atoms with Crippen molar-refractivity contribution in [1.29, 1.82) is 0 Å². The van der Waals surface area contributed by atoms with Gasteiger partial charge in [0.1, 0.15) is 11.5 Å². The molecule has 0 radical (unpaired) electrons. The molecule has 0 saturated carbocycles. The van der Waals surface area contributed by atoms with E-state index in [4.69, 9.17) is 4.74 Å². The summed E-state index contributed by atoms with van der Waals surface area (Å²) in [6, 6.07) is 24.7. The van der Waals surface area contributed by atoms with Gasteiger partial charge in [-0.2, -0.15) is 0 Å². The molecule has 0 unspecified atom stereocenters. The van der Waals surface area contributed by atoms with Gasteiger partial charge in [0.15, 0.2) is 0 Å². The monoisotopic (exact) mass is 373 g/mol. The molecule has 4 rings (SSSR count). The molecule has 1 amide bonds. The molecule has 3 aromatic rings. The lowest BCUT2D eigenvalue weighted by Crippen LogP contribution is -2.46. The number of amides is 1. The normalized spacial score (nSPS) is 18.2. The number of carbonyl (C=O) groups is 1. The molecule has 142 valence electrons. The Morgan fingerprint density at radius 1 is 0.893 bits per heavy atom. The van der Waals surface area contributed by atoms with Crippen molar-refractivity contribution in [3.05, 3.63) is 95.6 Å². The lowest BCUT2D eigenvalue weighted by atomic mass is 9.80. The van der Waals surface area contributed by atoms with Crippen LogP contribution >= 0.6 is 0 Å². The van der Waals surface area contributed by atoms with Crippen molar-refractivity contribution in [2.24, 2.45) is 0 Å². The van der Waals surface area contributed by atoms with E-state index in [1.807, 2.05) is 48.5 Å². The summed E-state index contributed by atoms with van der Waals surface area (Å²) in [7, 11) is 0. The average molecular weight is 373 g/mol. The maximum absolute atomic E-state index is 12.5. The number of hydrogen-bond donors (Lipinski definition) is 2. The Hall–Kier alpha value is -3.11. The summed E-state index contributed by atoms with van der Waals surface area (Å²) in [5.41, 5.74) is 2.08. The first-order valence-electron chi connectivity index (χ1n) is 9.52. The van der Waals surface area contributed by atoms with Gasteiger partial charge in [-0.3, -0.25) is 4.79 Å². The van der Waals surface area contributed by atoms with E-state index in [1.54, 1.807) is 24.3 Å². The summed E-state index contributed by atoms with van der Waals surface area (Å²) >= 11 is 0. The number of para-hydroxylation sites is 1. The standard InChI is InChI=1S/C24H23NO3/c26-23(19-10-12-22(13-11-19)28-21-8-2-1-3-9-21)25-17-24(27)15-14-18-6-4-5-7-20(18)16-24/h1-13,27H,14-17H2,(H,25,26)/t24-/m1/s1. The van der Waals surface area contributed by atoms with Crippen LogP contribution in [0.15, 0.2) is 78.9 Å². The number of aryl methyl sites for hydroxylation is 1. The van der Waals surface area contributed by atoms with Crippen LogP contribution in [0.1, 0.15) is 27.9 Å². The third-order valence-corrected chi connectivity index (χ3v) is 5.17. The number of aliphatic hydroxyl groups is 1. The van der Waals surface area contributed by atoms with Crippen LogP contribution in [0.3, 0.4) is 0 Å². The molecule has 4 nitrogen and oxygen atoms in total. The van der Waals surface area contributed by atoms with E-state index in [0.29, 0.717) is 24.2 Å². The van der Waals surface area contributed by atoms with Crippen LogP contribution in [0, 0.1) is 0 Å². The number of hydrogen-bond acceptors (Lipinski definition) is 3. The minimum atomic E-state index is -0.902. The molecule has 4 heteroatoms. The van der Waals surface area contributed by atoms with E-state index in [1.165, 1.54) is 5.56 Å². The van der Waals surface area contributed by atoms with Gasteiger partial charge in [-0.1, -0.05) is 42.5 Å². The topological polar surface area (TPSA) is 58.6 Å². The second-order valence-electron chi connectivity index (χ2n) is 7.29. The van der Waals surface area contributed by atoms with Crippen molar-refractivity contribution in [3.8, 4) is 11.5 Å². The maximum Gasteiger partial charge on any atom is 0.251 e. The molecule has 0 aromatic heterocycles. The molecule has 0 heterocycles. The number of nitrogens with one attached hydrogen (secondary N) is 1. The lowest BCUT2D eigenvalue weighted by molar-refractivity contribution is 0.0260. The molecule has 1 aliphatic carbocycles. The van der Waals surface area contributed by atoms with Crippen LogP contribution < -0.4 is 10.1 Å². The molecule has 3 aromatic carbocycles. The van der Waals surface area contributed by atoms with E-state index in [2.05, 4.69) is 11.4 Å². The van der Waals surface area contributed by atoms with Crippen LogP contribution in [0.25, 0.3) is 0 Å². The van der Waals surface area contributed by atoms with Crippen LogP contribution in [0.4, 0.5) is 0 Å². The van der Waals surface area contributed by atoms with E-state index in [-0.39, 0.29) is 12.5 Å².